The molecule has 1 fully saturated rings. The summed E-state index contributed by atoms with van der Waals surface area (Å²) in [6, 6.07) is 4.30. The van der Waals surface area contributed by atoms with Gasteiger partial charge in [-0.15, -0.1) is 34.2 Å². The second kappa shape index (κ2) is 12.1. The van der Waals surface area contributed by atoms with E-state index in [1.54, 1.807) is 6.26 Å². The summed E-state index contributed by atoms with van der Waals surface area (Å²) in [5.41, 5.74) is 0. The molecule has 1 aliphatic carbocycles. The standard InChI is InChI=1S/C19H30N6O2.HI/c1-15-23-24-18(25(15)2)13-21-19(22-16-7-3-4-8-16)20-10-6-11-26-14-17-9-5-12-27-17;/h5,9,12,16H,3-4,6-8,10-11,13-14H2,1-2H3,(H2,20,21,22);1H. The van der Waals surface area contributed by atoms with E-state index in [1.165, 1.54) is 25.7 Å². The summed E-state index contributed by atoms with van der Waals surface area (Å²) in [7, 11) is 1.97. The van der Waals surface area contributed by atoms with Gasteiger partial charge in [0.15, 0.2) is 11.8 Å². The van der Waals surface area contributed by atoms with Crippen LogP contribution in [0.3, 0.4) is 0 Å². The summed E-state index contributed by atoms with van der Waals surface area (Å²) < 4.78 is 12.9. The Hall–Kier alpha value is -1.62. The summed E-state index contributed by atoms with van der Waals surface area (Å²) >= 11 is 0. The van der Waals surface area contributed by atoms with Crippen LogP contribution < -0.4 is 10.6 Å². The Balaban J connectivity index is 0.00000280. The lowest BCUT2D eigenvalue weighted by Crippen LogP contribution is -2.43. The molecule has 28 heavy (non-hydrogen) atoms. The third-order valence-corrected chi connectivity index (χ3v) is 4.84. The first-order valence-corrected chi connectivity index (χ1v) is 9.72. The van der Waals surface area contributed by atoms with Gasteiger partial charge in [-0.2, -0.15) is 0 Å². The number of aliphatic imine (C=N–C) groups is 1. The van der Waals surface area contributed by atoms with Gasteiger partial charge in [-0.1, -0.05) is 12.8 Å². The van der Waals surface area contributed by atoms with Crippen LogP contribution in [-0.4, -0.2) is 39.9 Å². The van der Waals surface area contributed by atoms with Crippen molar-refractivity contribution in [2.24, 2.45) is 12.0 Å². The lowest BCUT2D eigenvalue weighted by atomic mass is 10.2. The summed E-state index contributed by atoms with van der Waals surface area (Å²) in [5, 5.41) is 15.2. The minimum Gasteiger partial charge on any atom is -0.467 e. The number of halogens is 1. The van der Waals surface area contributed by atoms with Gasteiger partial charge in [-0.3, -0.25) is 0 Å². The Kier molecular flexibility index (Phi) is 9.76. The SMILES string of the molecule is Cc1nnc(CN=C(NCCCOCc2ccco2)NC2CCCC2)n1C.I. The fraction of sp³-hybridized carbons (Fsp3) is 0.632. The molecule has 0 spiro atoms. The van der Waals surface area contributed by atoms with Crippen molar-refractivity contribution in [3.8, 4) is 0 Å². The van der Waals surface area contributed by atoms with Crippen LogP contribution in [0.4, 0.5) is 0 Å². The van der Waals surface area contributed by atoms with E-state index < -0.39 is 0 Å². The van der Waals surface area contributed by atoms with Crippen molar-refractivity contribution in [2.45, 2.75) is 58.2 Å². The van der Waals surface area contributed by atoms with Crippen LogP contribution in [0.25, 0.3) is 0 Å². The molecule has 0 bridgehead atoms. The molecule has 0 aromatic carbocycles. The summed E-state index contributed by atoms with van der Waals surface area (Å²) in [6.45, 7) is 4.44. The zero-order valence-corrected chi connectivity index (χ0v) is 19.0. The molecule has 2 aromatic heterocycles. The monoisotopic (exact) mass is 502 g/mol. The van der Waals surface area contributed by atoms with Gasteiger partial charge in [0.2, 0.25) is 0 Å². The number of nitrogens with zero attached hydrogens (tertiary/aromatic N) is 4. The van der Waals surface area contributed by atoms with E-state index in [-0.39, 0.29) is 24.0 Å². The van der Waals surface area contributed by atoms with Gasteiger partial charge in [0.1, 0.15) is 24.7 Å². The lowest BCUT2D eigenvalue weighted by Gasteiger charge is -2.17. The highest BCUT2D eigenvalue weighted by Gasteiger charge is 2.16. The minimum atomic E-state index is 0. The molecule has 8 nitrogen and oxygen atoms in total. The third kappa shape index (κ3) is 7.08. The fourth-order valence-electron chi connectivity index (χ4n) is 3.10. The van der Waals surface area contributed by atoms with Crippen LogP contribution in [0.2, 0.25) is 0 Å². The maximum Gasteiger partial charge on any atom is 0.191 e. The Morgan fingerprint density at radius 1 is 1.36 bits per heavy atom. The number of hydrogen-bond donors (Lipinski definition) is 2. The minimum absolute atomic E-state index is 0. The topological polar surface area (TPSA) is 89.5 Å². The first kappa shape index (κ1) is 22.7. The van der Waals surface area contributed by atoms with E-state index in [4.69, 9.17) is 14.1 Å². The van der Waals surface area contributed by atoms with Crippen LogP contribution in [-0.2, 0) is 24.9 Å². The molecule has 0 atom stereocenters. The molecule has 9 heteroatoms. The van der Waals surface area contributed by atoms with Crippen LogP contribution in [0.5, 0.6) is 0 Å². The Morgan fingerprint density at radius 2 is 2.18 bits per heavy atom. The van der Waals surface area contributed by atoms with Crippen molar-refractivity contribution in [1.82, 2.24) is 25.4 Å². The molecule has 0 unspecified atom stereocenters. The molecule has 156 valence electrons. The highest BCUT2D eigenvalue weighted by Crippen LogP contribution is 2.17. The second-order valence-electron chi connectivity index (χ2n) is 6.93. The van der Waals surface area contributed by atoms with Gasteiger partial charge in [0.25, 0.3) is 0 Å². The van der Waals surface area contributed by atoms with Crippen LogP contribution >= 0.6 is 24.0 Å². The predicted molar refractivity (Wildman–Crippen MR) is 119 cm³/mol. The van der Waals surface area contributed by atoms with Crippen molar-refractivity contribution in [2.75, 3.05) is 13.2 Å². The normalized spacial score (nSPS) is 14.9. The number of aromatic nitrogens is 3. The number of nitrogens with one attached hydrogen (secondary N) is 2. The van der Waals surface area contributed by atoms with Crippen molar-refractivity contribution in [1.29, 1.82) is 0 Å². The number of ether oxygens (including phenoxy) is 1. The first-order valence-electron chi connectivity index (χ1n) is 9.72. The van der Waals surface area contributed by atoms with Gasteiger partial charge in [-0.25, -0.2) is 4.99 Å². The van der Waals surface area contributed by atoms with Crippen molar-refractivity contribution < 1.29 is 9.15 Å². The molecule has 3 rings (SSSR count). The number of furan rings is 1. The average molecular weight is 502 g/mol. The molecule has 2 aromatic rings. The molecule has 1 aliphatic rings. The van der Waals surface area contributed by atoms with Gasteiger partial charge < -0.3 is 24.4 Å². The molecular formula is C19H31IN6O2. The zero-order chi connectivity index (χ0) is 18.9. The molecular weight excluding hydrogens is 471 g/mol. The lowest BCUT2D eigenvalue weighted by molar-refractivity contribution is 0.105. The average Bonchev–Trinajstić information content (AvgIpc) is 3.41. The second-order valence-corrected chi connectivity index (χ2v) is 6.93. The third-order valence-electron chi connectivity index (χ3n) is 4.84. The maximum atomic E-state index is 5.63. The smallest absolute Gasteiger partial charge is 0.191 e. The summed E-state index contributed by atoms with van der Waals surface area (Å²) in [6.07, 6.45) is 7.54. The Labute approximate surface area is 183 Å². The molecule has 0 amide bonds. The van der Waals surface area contributed by atoms with E-state index >= 15 is 0 Å². The van der Waals surface area contributed by atoms with Gasteiger partial charge in [-0.05, 0) is 38.3 Å². The van der Waals surface area contributed by atoms with E-state index in [1.807, 2.05) is 30.7 Å². The zero-order valence-electron chi connectivity index (χ0n) is 16.7. The van der Waals surface area contributed by atoms with Crippen LogP contribution in [0.1, 0.15) is 49.5 Å². The number of hydrogen-bond acceptors (Lipinski definition) is 5. The first-order chi connectivity index (χ1) is 13.2. The van der Waals surface area contributed by atoms with Crippen LogP contribution in [0, 0.1) is 6.92 Å². The highest BCUT2D eigenvalue weighted by atomic mass is 127. The van der Waals surface area contributed by atoms with E-state index in [9.17, 15) is 0 Å². The van der Waals surface area contributed by atoms with E-state index in [0.717, 1.165) is 36.3 Å². The van der Waals surface area contributed by atoms with Gasteiger partial charge in [0.05, 0.1) is 6.26 Å². The Bertz CT molecular complexity index is 710. The van der Waals surface area contributed by atoms with E-state index in [0.29, 0.717) is 25.8 Å². The summed E-state index contributed by atoms with van der Waals surface area (Å²) in [5.74, 6) is 3.45. The van der Waals surface area contributed by atoms with Crippen LogP contribution in [0.15, 0.2) is 27.8 Å². The Morgan fingerprint density at radius 3 is 2.86 bits per heavy atom. The van der Waals surface area contributed by atoms with Crippen molar-refractivity contribution in [3.05, 3.63) is 35.8 Å². The number of aryl methyl sites for hydroxylation is 1. The molecule has 0 aliphatic heterocycles. The summed E-state index contributed by atoms with van der Waals surface area (Å²) in [4.78, 5) is 4.71. The van der Waals surface area contributed by atoms with E-state index in [2.05, 4.69) is 20.8 Å². The molecule has 2 heterocycles. The fourth-order valence-corrected chi connectivity index (χ4v) is 3.10. The highest BCUT2D eigenvalue weighted by molar-refractivity contribution is 14.0. The quantitative estimate of drug-likeness (QED) is 0.237. The largest absolute Gasteiger partial charge is 0.467 e. The molecule has 2 N–H and O–H groups in total. The predicted octanol–water partition coefficient (Wildman–Crippen LogP) is 2.92. The molecule has 0 radical (unpaired) electrons. The molecule has 0 saturated heterocycles. The van der Waals surface area contributed by atoms with Crippen molar-refractivity contribution >= 4 is 29.9 Å². The van der Waals surface area contributed by atoms with Gasteiger partial charge in [0, 0.05) is 26.2 Å². The number of guanidine groups is 1. The van der Waals surface area contributed by atoms with Crippen molar-refractivity contribution in [3.63, 3.8) is 0 Å². The molecule has 1 saturated carbocycles. The maximum absolute atomic E-state index is 5.63. The van der Waals surface area contributed by atoms with Gasteiger partial charge >= 0.3 is 0 Å². The number of rotatable bonds is 9.